The Bertz CT molecular complexity index is 1160. The number of ether oxygens (including phenoxy) is 2. The van der Waals surface area contributed by atoms with E-state index in [1.54, 1.807) is 4.90 Å². The molecule has 0 radical (unpaired) electrons. The third-order valence-electron chi connectivity index (χ3n) is 6.46. The molecule has 1 aromatic heterocycles. The summed E-state index contributed by atoms with van der Waals surface area (Å²) in [6.07, 6.45) is 0.616. The lowest BCUT2D eigenvalue weighted by molar-refractivity contribution is -0.274. The molecule has 2 fully saturated rings. The maximum atomic E-state index is 15.5. The van der Waals surface area contributed by atoms with Crippen molar-refractivity contribution in [3.8, 4) is 5.75 Å². The first-order valence-corrected chi connectivity index (χ1v) is 13.8. The van der Waals surface area contributed by atoms with Crippen LogP contribution in [0, 0.1) is 11.7 Å². The third-order valence-corrected chi connectivity index (χ3v) is 7.22. The Morgan fingerprint density at radius 2 is 1.84 bits per heavy atom. The van der Waals surface area contributed by atoms with Crippen molar-refractivity contribution >= 4 is 21.7 Å². The van der Waals surface area contributed by atoms with Crippen molar-refractivity contribution in [2.45, 2.75) is 44.1 Å². The topological polar surface area (TPSA) is 106 Å². The number of morpholine rings is 1. The van der Waals surface area contributed by atoms with Crippen LogP contribution in [-0.2, 0) is 14.8 Å². The number of alkyl halides is 3. The van der Waals surface area contributed by atoms with E-state index in [1.165, 1.54) is 30.6 Å². The fraction of sp³-hybridized carbons (Fsp3) is 0.565. The molecule has 0 bridgehead atoms. The van der Waals surface area contributed by atoms with Crippen LogP contribution in [0.5, 0.6) is 5.75 Å². The van der Waals surface area contributed by atoms with Gasteiger partial charge in [0, 0.05) is 19.1 Å². The second-order valence-electron chi connectivity index (χ2n) is 9.25. The highest BCUT2D eigenvalue weighted by Gasteiger charge is 2.32. The monoisotopic (exact) mass is 547 g/mol. The Balaban J connectivity index is 1.42. The zero-order chi connectivity index (χ0) is 26.6. The van der Waals surface area contributed by atoms with Crippen molar-refractivity contribution in [3.05, 3.63) is 42.0 Å². The van der Waals surface area contributed by atoms with Crippen LogP contribution in [0.25, 0.3) is 0 Å². The van der Waals surface area contributed by atoms with Gasteiger partial charge < -0.3 is 19.7 Å². The number of nitrogens with zero attached hydrogens (tertiary/aromatic N) is 3. The minimum absolute atomic E-state index is 0.0561. The quantitative estimate of drug-likeness (QED) is 0.483. The van der Waals surface area contributed by atoms with Crippen LogP contribution in [0.2, 0.25) is 0 Å². The molecule has 1 saturated carbocycles. The van der Waals surface area contributed by atoms with E-state index in [2.05, 4.69) is 24.7 Å². The molecule has 2 N–H and O–H groups in total. The number of hydrogen-bond donors (Lipinski definition) is 2. The number of benzene rings is 1. The summed E-state index contributed by atoms with van der Waals surface area (Å²) in [4.78, 5) is 9.92. The molecule has 0 unspecified atom stereocenters. The van der Waals surface area contributed by atoms with E-state index in [9.17, 15) is 21.6 Å². The molecule has 37 heavy (non-hydrogen) atoms. The summed E-state index contributed by atoms with van der Waals surface area (Å²) in [5, 5.41) is 3.06. The molecule has 1 atom stereocenters. The first-order valence-electron chi connectivity index (χ1n) is 11.9. The highest BCUT2D eigenvalue weighted by molar-refractivity contribution is 7.88. The molecular formula is C23H29F4N5O4S. The molecule has 1 saturated heterocycles. The SMILES string of the molecule is CS(=O)(=O)NC1CCC(CNc2ncnc(N3CCOC[C@@H]3c3ccc(OC(F)(F)F)cc3)c2F)CC1. The van der Waals surface area contributed by atoms with Crippen LogP contribution in [0.15, 0.2) is 30.6 Å². The van der Waals surface area contributed by atoms with Crippen molar-refractivity contribution in [2.75, 3.05) is 42.8 Å². The fourth-order valence-electron chi connectivity index (χ4n) is 4.74. The van der Waals surface area contributed by atoms with Gasteiger partial charge in [-0.25, -0.2) is 23.1 Å². The molecule has 1 aliphatic heterocycles. The molecule has 9 nitrogen and oxygen atoms in total. The molecule has 14 heteroatoms. The molecule has 0 amide bonds. The van der Waals surface area contributed by atoms with Gasteiger partial charge in [0.1, 0.15) is 12.1 Å². The van der Waals surface area contributed by atoms with E-state index in [0.717, 1.165) is 19.1 Å². The van der Waals surface area contributed by atoms with E-state index >= 15 is 4.39 Å². The van der Waals surface area contributed by atoms with Crippen LogP contribution in [-0.4, -0.2) is 63.3 Å². The molecule has 2 heterocycles. The fourth-order valence-corrected chi connectivity index (χ4v) is 5.58. The van der Waals surface area contributed by atoms with Gasteiger partial charge in [0.15, 0.2) is 11.6 Å². The van der Waals surface area contributed by atoms with Gasteiger partial charge in [-0.15, -0.1) is 13.2 Å². The van der Waals surface area contributed by atoms with Gasteiger partial charge in [0.05, 0.1) is 25.5 Å². The Kier molecular flexibility index (Phi) is 8.39. The minimum atomic E-state index is -4.79. The lowest BCUT2D eigenvalue weighted by Gasteiger charge is -2.37. The van der Waals surface area contributed by atoms with Gasteiger partial charge in [-0.1, -0.05) is 12.1 Å². The van der Waals surface area contributed by atoms with Crippen LogP contribution < -0.4 is 19.7 Å². The predicted molar refractivity (Wildman–Crippen MR) is 128 cm³/mol. The average molecular weight is 548 g/mol. The maximum Gasteiger partial charge on any atom is 0.573 e. The number of aromatic nitrogens is 2. The normalized spacial score (nSPS) is 23.1. The van der Waals surface area contributed by atoms with Gasteiger partial charge in [-0.05, 0) is 49.3 Å². The summed E-state index contributed by atoms with van der Waals surface area (Å²) in [5.74, 6) is -0.605. The Labute approximate surface area is 212 Å². The van der Waals surface area contributed by atoms with Crippen LogP contribution in [0.1, 0.15) is 37.3 Å². The third kappa shape index (κ3) is 7.65. The highest BCUT2D eigenvalue weighted by Crippen LogP contribution is 2.33. The van der Waals surface area contributed by atoms with E-state index in [-0.39, 0.29) is 36.0 Å². The molecule has 4 rings (SSSR count). The average Bonchev–Trinajstić information content (AvgIpc) is 2.83. The molecule has 0 spiro atoms. The standard InChI is InChI=1S/C23H29F4N5O4S/c1-37(33,34)31-17-6-2-15(3-7-17)12-28-21-20(24)22(30-14-29-21)32-10-11-35-13-19(32)16-4-8-18(9-5-16)36-23(25,26)27/h4-5,8-9,14-15,17,19,31H,2-3,6-7,10-13H2,1H3,(H,28,29,30)/t15?,17?,19-/m1/s1. The lowest BCUT2D eigenvalue weighted by Crippen LogP contribution is -2.40. The zero-order valence-corrected chi connectivity index (χ0v) is 21.0. The van der Waals surface area contributed by atoms with Crippen molar-refractivity contribution in [3.63, 3.8) is 0 Å². The number of nitrogens with one attached hydrogen (secondary N) is 2. The number of anilines is 2. The van der Waals surface area contributed by atoms with Crippen LogP contribution in [0.3, 0.4) is 0 Å². The smallest absolute Gasteiger partial charge is 0.406 e. The molecule has 1 aromatic carbocycles. The van der Waals surface area contributed by atoms with E-state index in [0.29, 0.717) is 38.1 Å². The van der Waals surface area contributed by atoms with Crippen LogP contribution in [0.4, 0.5) is 29.2 Å². The molecular weight excluding hydrogens is 518 g/mol. The molecule has 2 aromatic rings. The summed E-state index contributed by atoms with van der Waals surface area (Å²) < 4.78 is 87.9. The first kappa shape index (κ1) is 27.3. The minimum Gasteiger partial charge on any atom is -0.406 e. The second kappa shape index (κ2) is 11.4. The second-order valence-corrected chi connectivity index (χ2v) is 11.0. The first-order chi connectivity index (χ1) is 17.5. The highest BCUT2D eigenvalue weighted by atomic mass is 32.2. The number of halogens is 4. The van der Waals surface area contributed by atoms with E-state index in [1.807, 2.05) is 0 Å². The largest absolute Gasteiger partial charge is 0.573 e. The van der Waals surface area contributed by atoms with Crippen molar-refractivity contribution < 1.29 is 35.5 Å². The Hall–Kier alpha value is -2.71. The predicted octanol–water partition coefficient (Wildman–Crippen LogP) is 3.61. The van der Waals surface area contributed by atoms with Crippen molar-refractivity contribution in [1.82, 2.24) is 14.7 Å². The zero-order valence-electron chi connectivity index (χ0n) is 20.2. The van der Waals surface area contributed by atoms with Gasteiger partial charge in [0.2, 0.25) is 15.8 Å². The van der Waals surface area contributed by atoms with Gasteiger partial charge in [-0.3, -0.25) is 0 Å². The summed E-state index contributed by atoms with van der Waals surface area (Å²) in [5.41, 5.74) is 0.626. The number of hydrogen-bond acceptors (Lipinski definition) is 8. The maximum absolute atomic E-state index is 15.5. The number of sulfonamides is 1. The van der Waals surface area contributed by atoms with E-state index < -0.39 is 28.2 Å². The molecule has 2 aliphatic rings. The summed E-state index contributed by atoms with van der Waals surface area (Å²) >= 11 is 0. The Morgan fingerprint density at radius 1 is 1.14 bits per heavy atom. The summed E-state index contributed by atoms with van der Waals surface area (Å²) in [6.45, 7) is 1.35. The van der Waals surface area contributed by atoms with Crippen molar-refractivity contribution in [2.24, 2.45) is 5.92 Å². The number of rotatable bonds is 8. The van der Waals surface area contributed by atoms with Gasteiger partial charge in [0.25, 0.3) is 0 Å². The summed E-state index contributed by atoms with van der Waals surface area (Å²) in [7, 11) is -3.25. The lowest BCUT2D eigenvalue weighted by atomic mass is 9.86. The van der Waals surface area contributed by atoms with Gasteiger partial charge in [-0.2, -0.15) is 4.39 Å². The Morgan fingerprint density at radius 3 is 2.49 bits per heavy atom. The van der Waals surface area contributed by atoms with Gasteiger partial charge >= 0.3 is 6.36 Å². The molecule has 1 aliphatic carbocycles. The summed E-state index contributed by atoms with van der Waals surface area (Å²) in [6, 6.07) is 4.84. The van der Waals surface area contributed by atoms with Crippen LogP contribution >= 0.6 is 0 Å². The van der Waals surface area contributed by atoms with E-state index in [4.69, 9.17) is 4.74 Å². The molecule has 204 valence electrons. The van der Waals surface area contributed by atoms with Crippen molar-refractivity contribution in [1.29, 1.82) is 0 Å².